The minimum atomic E-state index is -0.542. The van der Waals surface area contributed by atoms with Gasteiger partial charge in [0.25, 0.3) is 5.69 Å². The Balaban J connectivity index is 2.23. The highest BCUT2D eigenvalue weighted by atomic mass is 16.6. The molecule has 0 radical (unpaired) electrons. The minimum absolute atomic E-state index is 0.0769. The summed E-state index contributed by atoms with van der Waals surface area (Å²) >= 11 is 0. The molecule has 0 amide bonds. The molecule has 0 aliphatic heterocycles. The van der Waals surface area contributed by atoms with Gasteiger partial charge in [-0.3, -0.25) is 19.8 Å². The summed E-state index contributed by atoms with van der Waals surface area (Å²) < 4.78 is 5.57. The SMILES string of the molecule is CCC1(C(=O)Oc2cccc([N+](=O)[O-])c2)CCC1N(C(C)C)C(C)C. The van der Waals surface area contributed by atoms with E-state index in [1.54, 1.807) is 6.07 Å². The van der Waals surface area contributed by atoms with Crippen molar-refractivity contribution >= 4 is 11.7 Å². The molecule has 1 fully saturated rings. The number of hydrogen-bond donors (Lipinski definition) is 0. The van der Waals surface area contributed by atoms with Gasteiger partial charge in [-0.05, 0) is 53.0 Å². The summed E-state index contributed by atoms with van der Waals surface area (Å²) in [6, 6.07) is 6.62. The van der Waals surface area contributed by atoms with Gasteiger partial charge in [-0.25, -0.2) is 0 Å². The van der Waals surface area contributed by atoms with E-state index in [4.69, 9.17) is 4.74 Å². The molecule has 1 aliphatic rings. The molecule has 0 saturated heterocycles. The van der Waals surface area contributed by atoms with E-state index in [0.29, 0.717) is 18.5 Å². The lowest BCUT2D eigenvalue weighted by atomic mass is 9.61. The van der Waals surface area contributed by atoms with Crippen molar-refractivity contribution < 1.29 is 14.5 Å². The largest absolute Gasteiger partial charge is 0.426 e. The van der Waals surface area contributed by atoms with Crippen molar-refractivity contribution in [2.75, 3.05) is 0 Å². The molecule has 0 N–H and O–H groups in total. The van der Waals surface area contributed by atoms with Crippen LogP contribution in [-0.4, -0.2) is 33.9 Å². The number of ether oxygens (including phenoxy) is 1. The molecule has 2 unspecified atom stereocenters. The standard InChI is InChI=1S/C19H28N2O4/c1-6-19(11-10-17(19)20(13(2)3)14(4)5)18(22)25-16-9-7-8-15(12-16)21(23)24/h7-9,12-14,17H,6,10-11H2,1-5H3. The molecular formula is C19H28N2O4. The summed E-state index contributed by atoms with van der Waals surface area (Å²) in [4.78, 5) is 25.8. The molecule has 6 heteroatoms. The van der Waals surface area contributed by atoms with Gasteiger partial charge < -0.3 is 4.74 Å². The van der Waals surface area contributed by atoms with Crippen LogP contribution in [0.4, 0.5) is 5.69 Å². The molecule has 0 bridgehead atoms. The van der Waals surface area contributed by atoms with Crippen molar-refractivity contribution in [3.05, 3.63) is 34.4 Å². The molecule has 0 aromatic heterocycles. The molecule has 138 valence electrons. The van der Waals surface area contributed by atoms with Crippen molar-refractivity contribution in [2.24, 2.45) is 5.41 Å². The molecule has 25 heavy (non-hydrogen) atoms. The molecule has 1 saturated carbocycles. The Morgan fingerprint density at radius 3 is 2.44 bits per heavy atom. The van der Waals surface area contributed by atoms with E-state index in [1.165, 1.54) is 18.2 Å². The van der Waals surface area contributed by atoms with Gasteiger partial charge >= 0.3 is 5.97 Å². The number of hydrogen-bond acceptors (Lipinski definition) is 5. The first-order valence-corrected chi connectivity index (χ1v) is 8.97. The first kappa shape index (κ1) is 19.4. The third kappa shape index (κ3) is 3.68. The van der Waals surface area contributed by atoms with E-state index in [2.05, 4.69) is 32.6 Å². The summed E-state index contributed by atoms with van der Waals surface area (Å²) in [6.45, 7) is 10.6. The van der Waals surface area contributed by atoms with Gasteiger partial charge in [0.1, 0.15) is 5.75 Å². The van der Waals surface area contributed by atoms with E-state index in [0.717, 1.165) is 12.8 Å². The van der Waals surface area contributed by atoms with Crippen LogP contribution in [-0.2, 0) is 4.79 Å². The van der Waals surface area contributed by atoms with E-state index < -0.39 is 10.3 Å². The normalized spacial score (nSPS) is 23.0. The van der Waals surface area contributed by atoms with E-state index >= 15 is 0 Å². The lowest BCUT2D eigenvalue weighted by Gasteiger charge is -2.54. The van der Waals surface area contributed by atoms with Crippen LogP contribution in [0.1, 0.15) is 53.9 Å². The van der Waals surface area contributed by atoms with Crippen molar-refractivity contribution in [3.63, 3.8) is 0 Å². The maximum absolute atomic E-state index is 13.0. The first-order chi connectivity index (χ1) is 11.7. The number of nitro groups is 1. The second kappa shape index (κ2) is 7.52. The van der Waals surface area contributed by atoms with Crippen molar-refractivity contribution in [2.45, 2.75) is 72.0 Å². The number of esters is 1. The van der Waals surface area contributed by atoms with Crippen molar-refractivity contribution in [3.8, 4) is 5.75 Å². The Bertz CT molecular complexity index is 632. The minimum Gasteiger partial charge on any atom is -0.426 e. The van der Waals surface area contributed by atoms with Crippen LogP contribution in [0.5, 0.6) is 5.75 Å². The van der Waals surface area contributed by atoms with Crippen molar-refractivity contribution in [1.29, 1.82) is 0 Å². The molecule has 1 aromatic carbocycles. The van der Waals surface area contributed by atoms with Crippen LogP contribution in [0.25, 0.3) is 0 Å². The Morgan fingerprint density at radius 1 is 1.36 bits per heavy atom. The fourth-order valence-electron chi connectivity index (χ4n) is 4.04. The summed E-state index contributed by atoms with van der Waals surface area (Å²) in [6.07, 6.45) is 2.45. The number of non-ortho nitro benzene ring substituents is 1. The zero-order valence-corrected chi connectivity index (χ0v) is 15.7. The van der Waals surface area contributed by atoms with Gasteiger partial charge in [0, 0.05) is 24.2 Å². The second-order valence-electron chi connectivity index (χ2n) is 7.34. The topological polar surface area (TPSA) is 72.7 Å². The number of nitro benzene ring substituents is 1. The molecule has 1 aliphatic carbocycles. The Kier molecular flexibility index (Phi) is 5.83. The van der Waals surface area contributed by atoms with Crippen LogP contribution in [0.3, 0.4) is 0 Å². The quantitative estimate of drug-likeness (QED) is 0.320. The van der Waals surface area contributed by atoms with Gasteiger partial charge in [-0.1, -0.05) is 13.0 Å². The average molecular weight is 348 g/mol. The lowest BCUT2D eigenvalue weighted by Crippen LogP contribution is -2.63. The zero-order valence-electron chi connectivity index (χ0n) is 15.7. The molecule has 1 aromatic rings. The Morgan fingerprint density at radius 2 is 2.00 bits per heavy atom. The van der Waals surface area contributed by atoms with Crippen LogP contribution >= 0.6 is 0 Å². The number of rotatable bonds is 7. The fourth-order valence-corrected chi connectivity index (χ4v) is 4.04. The predicted molar refractivity (Wildman–Crippen MR) is 96.6 cm³/mol. The highest BCUT2D eigenvalue weighted by molar-refractivity contribution is 5.81. The van der Waals surface area contributed by atoms with Gasteiger partial charge in [-0.15, -0.1) is 0 Å². The molecular weight excluding hydrogens is 320 g/mol. The number of carbonyl (C=O) groups excluding carboxylic acids is 1. The van der Waals surface area contributed by atoms with Crippen LogP contribution in [0, 0.1) is 15.5 Å². The highest BCUT2D eigenvalue weighted by Crippen LogP contribution is 2.49. The smallest absolute Gasteiger partial charge is 0.319 e. The first-order valence-electron chi connectivity index (χ1n) is 8.97. The number of carbonyl (C=O) groups is 1. The zero-order chi connectivity index (χ0) is 18.8. The maximum Gasteiger partial charge on any atom is 0.319 e. The number of nitrogens with zero attached hydrogens (tertiary/aromatic N) is 2. The van der Waals surface area contributed by atoms with E-state index in [-0.39, 0.29) is 23.4 Å². The fraction of sp³-hybridized carbons (Fsp3) is 0.632. The maximum atomic E-state index is 13.0. The van der Waals surface area contributed by atoms with Crippen LogP contribution in [0.2, 0.25) is 0 Å². The lowest BCUT2D eigenvalue weighted by molar-refractivity contribution is -0.384. The van der Waals surface area contributed by atoms with E-state index in [1.807, 2.05) is 6.92 Å². The third-order valence-corrected chi connectivity index (χ3v) is 5.33. The summed E-state index contributed by atoms with van der Waals surface area (Å²) in [5.74, 6) is -0.0450. The Labute approximate surface area is 149 Å². The molecule has 2 rings (SSSR count). The van der Waals surface area contributed by atoms with E-state index in [9.17, 15) is 14.9 Å². The molecule has 2 atom stereocenters. The molecule has 0 spiro atoms. The summed E-state index contributed by atoms with van der Waals surface area (Å²) in [5.41, 5.74) is -0.619. The van der Waals surface area contributed by atoms with Gasteiger partial charge in [0.2, 0.25) is 0 Å². The predicted octanol–water partition coefficient (Wildman–Crippen LogP) is 4.18. The highest BCUT2D eigenvalue weighted by Gasteiger charge is 2.55. The summed E-state index contributed by atoms with van der Waals surface area (Å²) in [5, 5.41) is 10.9. The molecule has 6 nitrogen and oxygen atoms in total. The third-order valence-electron chi connectivity index (χ3n) is 5.33. The van der Waals surface area contributed by atoms with Gasteiger partial charge in [0.15, 0.2) is 0 Å². The van der Waals surface area contributed by atoms with Gasteiger partial charge in [0.05, 0.1) is 16.4 Å². The van der Waals surface area contributed by atoms with Crippen molar-refractivity contribution in [1.82, 2.24) is 4.90 Å². The van der Waals surface area contributed by atoms with Crippen LogP contribution in [0.15, 0.2) is 24.3 Å². The van der Waals surface area contributed by atoms with Crippen LogP contribution < -0.4 is 4.74 Å². The number of benzene rings is 1. The molecule has 0 heterocycles. The average Bonchev–Trinajstić information content (AvgIpc) is 2.51. The monoisotopic (exact) mass is 348 g/mol. The Hall–Kier alpha value is -1.95. The van der Waals surface area contributed by atoms with Gasteiger partial charge in [-0.2, -0.15) is 0 Å². The second-order valence-corrected chi connectivity index (χ2v) is 7.34. The summed E-state index contributed by atoms with van der Waals surface area (Å²) in [7, 11) is 0.